The molecule has 0 unspecified atom stereocenters. The Balaban J connectivity index is 4.21. The van der Waals surface area contributed by atoms with Gasteiger partial charge in [0.05, 0.1) is 5.03 Å². The topological polar surface area (TPSA) is 29.1 Å². The van der Waals surface area contributed by atoms with Crippen LogP contribution in [-0.4, -0.2) is 12.5 Å². The summed E-state index contributed by atoms with van der Waals surface area (Å²) in [6, 6.07) is 0. The Kier molecular flexibility index (Phi) is 5.21. The maximum Gasteiger partial charge on any atom is 0.151 e. The van der Waals surface area contributed by atoms with Crippen LogP contribution in [0.5, 0.6) is 0 Å². The molecule has 0 heterocycles. The molecule has 0 saturated carbocycles. The highest BCUT2D eigenvalue weighted by Crippen LogP contribution is 2.06. The average Bonchev–Trinajstić information content (AvgIpc) is 2.04. The second-order valence-corrected chi connectivity index (χ2v) is 3.17. The van der Waals surface area contributed by atoms with Crippen molar-refractivity contribution in [3.63, 3.8) is 0 Å². The molecule has 12 heavy (non-hydrogen) atoms. The fraction of sp³-hybridized carbons (Fsp3) is 0.222. The van der Waals surface area contributed by atoms with Crippen LogP contribution < -0.4 is 5.32 Å². The first-order chi connectivity index (χ1) is 5.61. The van der Waals surface area contributed by atoms with Crippen LogP contribution in [-0.2, 0) is 4.79 Å². The van der Waals surface area contributed by atoms with Gasteiger partial charge in [0.15, 0.2) is 6.29 Å². The molecule has 0 aromatic heterocycles. The van der Waals surface area contributed by atoms with Crippen molar-refractivity contribution in [1.29, 1.82) is 0 Å². The summed E-state index contributed by atoms with van der Waals surface area (Å²) in [6.07, 6.45) is 4.28. The molecule has 1 N–H and O–H groups in total. The highest BCUT2D eigenvalue weighted by atomic mass is 32.2. The van der Waals surface area contributed by atoms with Gasteiger partial charge in [0.2, 0.25) is 0 Å². The minimum Gasteiger partial charge on any atom is -0.356 e. The van der Waals surface area contributed by atoms with Crippen LogP contribution in [0.4, 0.5) is 0 Å². The van der Waals surface area contributed by atoms with Crippen molar-refractivity contribution < 1.29 is 4.79 Å². The Morgan fingerprint density at radius 3 is 2.42 bits per heavy atom. The lowest BCUT2D eigenvalue weighted by Crippen LogP contribution is -2.02. The maximum absolute atomic E-state index is 10.4. The van der Waals surface area contributed by atoms with Crippen LogP contribution in [0.2, 0.25) is 0 Å². The second-order valence-electron chi connectivity index (χ2n) is 2.27. The van der Waals surface area contributed by atoms with Crippen molar-refractivity contribution >= 4 is 18.0 Å². The van der Waals surface area contributed by atoms with E-state index in [1.54, 1.807) is 13.1 Å². The lowest BCUT2D eigenvalue weighted by molar-refractivity contribution is -0.104. The van der Waals surface area contributed by atoms with E-state index in [-0.39, 0.29) is 0 Å². The van der Waals surface area contributed by atoms with Crippen LogP contribution in [0, 0.1) is 0 Å². The van der Waals surface area contributed by atoms with Gasteiger partial charge in [-0.1, -0.05) is 13.2 Å². The summed E-state index contributed by atoms with van der Waals surface area (Å²) in [5, 5.41) is 3.68. The minimum absolute atomic E-state index is 0.560. The predicted octanol–water partition coefficient (Wildman–Crippen LogP) is 2.07. The molecule has 0 spiro atoms. The molecule has 3 heteroatoms. The summed E-state index contributed by atoms with van der Waals surface area (Å²) in [7, 11) is 0. The summed E-state index contributed by atoms with van der Waals surface area (Å²) < 4.78 is 0. The standard InChI is InChI=1S/C9H13NOS/c1-7(2)9(6-11)5-10-8(3)12-4/h5-6,10H,1,3H2,2,4H3/b9-5-. The molecule has 0 radical (unpaired) electrons. The van der Waals surface area contributed by atoms with E-state index in [1.165, 1.54) is 11.8 Å². The van der Waals surface area contributed by atoms with Crippen LogP contribution in [0.15, 0.2) is 35.5 Å². The molecular weight excluding hydrogens is 170 g/mol. The van der Waals surface area contributed by atoms with Gasteiger partial charge < -0.3 is 5.32 Å². The molecule has 2 nitrogen and oxygen atoms in total. The number of hydrogen-bond donors (Lipinski definition) is 1. The van der Waals surface area contributed by atoms with Gasteiger partial charge in [-0.15, -0.1) is 11.8 Å². The third kappa shape index (κ3) is 4.03. The van der Waals surface area contributed by atoms with E-state index < -0.39 is 0 Å². The van der Waals surface area contributed by atoms with Gasteiger partial charge in [0.25, 0.3) is 0 Å². The monoisotopic (exact) mass is 183 g/mol. The summed E-state index contributed by atoms with van der Waals surface area (Å²) in [5.41, 5.74) is 1.30. The fourth-order valence-corrected chi connectivity index (χ4v) is 0.652. The third-order valence-electron chi connectivity index (χ3n) is 1.25. The van der Waals surface area contributed by atoms with Crippen LogP contribution in [0.25, 0.3) is 0 Å². The summed E-state index contributed by atoms with van der Waals surface area (Å²) in [5.74, 6) is 0. The quantitative estimate of drug-likeness (QED) is 0.402. The highest BCUT2D eigenvalue weighted by Gasteiger charge is 1.94. The Hall–Kier alpha value is -0.960. The van der Waals surface area contributed by atoms with Gasteiger partial charge in [0.1, 0.15) is 0 Å². The summed E-state index contributed by atoms with van der Waals surface area (Å²) in [6.45, 7) is 9.14. The molecule has 0 fully saturated rings. The van der Waals surface area contributed by atoms with E-state index in [4.69, 9.17) is 0 Å². The van der Waals surface area contributed by atoms with Gasteiger partial charge in [-0.3, -0.25) is 4.79 Å². The van der Waals surface area contributed by atoms with Crippen molar-refractivity contribution in [2.24, 2.45) is 0 Å². The van der Waals surface area contributed by atoms with Gasteiger partial charge in [-0.25, -0.2) is 0 Å². The SMILES string of the molecule is C=C(N/C=C(/C=O)C(=C)C)SC. The average molecular weight is 183 g/mol. The number of carbonyl (C=O) groups excluding carboxylic acids is 1. The first kappa shape index (κ1) is 11.0. The Morgan fingerprint density at radius 2 is 2.08 bits per heavy atom. The molecular formula is C9H13NOS. The summed E-state index contributed by atoms with van der Waals surface area (Å²) in [4.78, 5) is 10.4. The molecule has 0 amide bonds. The highest BCUT2D eigenvalue weighted by molar-refractivity contribution is 8.02. The Bertz CT molecular complexity index is 231. The molecule has 0 aliphatic carbocycles. The van der Waals surface area contributed by atoms with E-state index in [0.717, 1.165) is 16.9 Å². The van der Waals surface area contributed by atoms with Crippen molar-refractivity contribution in [2.75, 3.05) is 6.26 Å². The van der Waals surface area contributed by atoms with Crippen molar-refractivity contribution in [1.82, 2.24) is 5.32 Å². The number of hydrogen-bond acceptors (Lipinski definition) is 3. The molecule has 0 saturated heterocycles. The number of carbonyl (C=O) groups is 1. The van der Waals surface area contributed by atoms with Crippen molar-refractivity contribution in [3.8, 4) is 0 Å². The zero-order valence-electron chi connectivity index (χ0n) is 7.39. The van der Waals surface area contributed by atoms with Crippen molar-refractivity contribution in [3.05, 3.63) is 35.5 Å². The molecule has 0 bridgehead atoms. The number of thioether (sulfide) groups is 1. The van der Waals surface area contributed by atoms with E-state index in [9.17, 15) is 4.79 Å². The molecule has 0 aromatic rings. The molecule has 0 aliphatic heterocycles. The smallest absolute Gasteiger partial charge is 0.151 e. The first-order valence-electron chi connectivity index (χ1n) is 3.42. The van der Waals surface area contributed by atoms with E-state index in [0.29, 0.717) is 5.57 Å². The largest absolute Gasteiger partial charge is 0.356 e. The van der Waals surface area contributed by atoms with E-state index >= 15 is 0 Å². The lowest BCUT2D eigenvalue weighted by atomic mass is 10.2. The second kappa shape index (κ2) is 5.66. The Morgan fingerprint density at radius 1 is 1.50 bits per heavy atom. The zero-order valence-corrected chi connectivity index (χ0v) is 8.20. The first-order valence-corrected chi connectivity index (χ1v) is 4.65. The zero-order chi connectivity index (χ0) is 9.56. The molecule has 0 atom stereocenters. The Labute approximate surface area is 77.4 Å². The molecule has 0 aromatic carbocycles. The number of allylic oxidation sites excluding steroid dienone is 2. The van der Waals surface area contributed by atoms with E-state index in [2.05, 4.69) is 18.5 Å². The molecule has 66 valence electrons. The van der Waals surface area contributed by atoms with Gasteiger partial charge in [0, 0.05) is 11.8 Å². The van der Waals surface area contributed by atoms with Gasteiger partial charge >= 0.3 is 0 Å². The predicted molar refractivity (Wildman–Crippen MR) is 54.8 cm³/mol. The van der Waals surface area contributed by atoms with Crippen molar-refractivity contribution in [2.45, 2.75) is 6.92 Å². The number of nitrogens with one attached hydrogen (secondary N) is 1. The minimum atomic E-state index is 0.560. The fourth-order valence-electron chi connectivity index (χ4n) is 0.475. The van der Waals surface area contributed by atoms with E-state index in [1.807, 2.05) is 6.26 Å². The number of aldehydes is 1. The summed E-state index contributed by atoms with van der Waals surface area (Å²) >= 11 is 1.49. The third-order valence-corrected chi connectivity index (χ3v) is 1.87. The van der Waals surface area contributed by atoms with Crippen LogP contribution in [0.1, 0.15) is 6.92 Å². The molecule has 0 aliphatic rings. The lowest BCUT2D eigenvalue weighted by Gasteiger charge is -2.02. The van der Waals surface area contributed by atoms with Gasteiger partial charge in [-0.2, -0.15) is 0 Å². The normalized spacial score (nSPS) is 10.7. The van der Waals surface area contributed by atoms with Crippen LogP contribution in [0.3, 0.4) is 0 Å². The van der Waals surface area contributed by atoms with Gasteiger partial charge in [-0.05, 0) is 18.8 Å². The molecule has 0 rings (SSSR count). The maximum atomic E-state index is 10.4. The number of rotatable bonds is 5. The van der Waals surface area contributed by atoms with Crippen LogP contribution >= 0.6 is 11.8 Å².